The Hall–Kier alpha value is -1.16. The number of para-hydroxylation sites is 2. The first-order valence-corrected chi connectivity index (χ1v) is 7.19. The Bertz CT molecular complexity index is 649. The summed E-state index contributed by atoms with van der Waals surface area (Å²) in [6.45, 7) is 0. The van der Waals surface area contributed by atoms with Crippen LogP contribution >= 0.6 is 0 Å². The van der Waals surface area contributed by atoms with Gasteiger partial charge in [-0.3, -0.25) is 9.98 Å². The molecule has 0 saturated heterocycles. The van der Waals surface area contributed by atoms with E-state index in [0.29, 0.717) is 0 Å². The molecule has 5 heteroatoms. The third kappa shape index (κ3) is 3.94. The van der Waals surface area contributed by atoms with Crippen molar-refractivity contribution in [2.75, 3.05) is 0 Å². The van der Waals surface area contributed by atoms with Gasteiger partial charge in [0.15, 0.2) is 0 Å². The maximum Gasteiger partial charge on any atom is 2.00 e. The fraction of sp³-hybridized carbons (Fsp3) is 0.125. The standard InChI is InChI=1S/2C8H7NS.Zn/c2*10-8-5-6-3-1-2-4-7(6)9-8;/h2*1-4H,5H2,(H,9,10);/q;;+2/p-2. The van der Waals surface area contributed by atoms with Gasteiger partial charge in [0, 0.05) is 0 Å². The minimum atomic E-state index is 0. The van der Waals surface area contributed by atoms with E-state index in [9.17, 15) is 0 Å². The van der Waals surface area contributed by atoms with Gasteiger partial charge in [-0.25, -0.2) is 0 Å². The van der Waals surface area contributed by atoms with Crippen molar-refractivity contribution in [1.82, 2.24) is 0 Å². The zero-order chi connectivity index (χ0) is 13.9. The number of nitrogens with zero attached hydrogens (tertiary/aromatic N) is 2. The molecule has 100 valence electrons. The molecule has 0 aromatic heterocycles. The molecule has 2 aromatic rings. The molecule has 0 spiro atoms. The molecule has 0 saturated carbocycles. The topological polar surface area (TPSA) is 24.7 Å². The zero-order valence-corrected chi connectivity index (χ0v) is 16.1. The van der Waals surface area contributed by atoms with Crippen molar-refractivity contribution >= 4 is 46.7 Å². The first kappa shape index (κ1) is 16.2. The van der Waals surface area contributed by atoms with Gasteiger partial charge < -0.3 is 25.3 Å². The fourth-order valence-electron chi connectivity index (χ4n) is 2.21. The molecule has 2 aromatic carbocycles. The molecule has 0 aliphatic carbocycles. The smallest absolute Gasteiger partial charge is 0.764 e. The van der Waals surface area contributed by atoms with Crippen molar-refractivity contribution in [3.63, 3.8) is 0 Å². The van der Waals surface area contributed by atoms with Crippen LogP contribution in [0.15, 0.2) is 58.5 Å². The molecule has 0 bridgehead atoms. The summed E-state index contributed by atoms with van der Waals surface area (Å²) in [5.74, 6) is 0. The number of benzene rings is 2. The molecule has 2 aliphatic rings. The maximum atomic E-state index is 4.96. The van der Waals surface area contributed by atoms with Crippen molar-refractivity contribution in [2.45, 2.75) is 12.8 Å². The second-order valence-corrected chi connectivity index (χ2v) is 5.56. The van der Waals surface area contributed by atoms with E-state index in [1.54, 1.807) is 0 Å². The van der Waals surface area contributed by atoms with Crippen LogP contribution in [0, 0.1) is 0 Å². The first-order chi connectivity index (χ1) is 9.72. The van der Waals surface area contributed by atoms with E-state index in [0.717, 1.165) is 34.3 Å². The molecule has 21 heavy (non-hydrogen) atoms. The van der Waals surface area contributed by atoms with Gasteiger partial charge in [-0.15, -0.1) is 10.1 Å². The van der Waals surface area contributed by atoms with Crippen molar-refractivity contribution in [3.8, 4) is 0 Å². The Morgan fingerprint density at radius 2 is 1.05 bits per heavy atom. The fourth-order valence-corrected chi connectivity index (χ4v) is 2.72. The van der Waals surface area contributed by atoms with Gasteiger partial charge in [-0.1, -0.05) is 36.4 Å². The molecule has 0 radical (unpaired) electrons. The molecule has 0 amide bonds. The van der Waals surface area contributed by atoms with Crippen LogP contribution in [0.3, 0.4) is 0 Å². The van der Waals surface area contributed by atoms with Gasteiger partial charge in [-0.05, 0) is 36.1 Å². The van der Waals surface area contributed by atoms with E-state index in [-0.39, 0.29) is 19.5 Å². The third-order valence-corrected chi connectivity index (χ3v) is 3.63. The van der Waals surface area contributed by atoms with E-state index < -0.39 is 0 Å². The van der Waals surface area contributed by atoms with E-state index in [2.05, 4.69) is 22.1 Å². The van der Waals surface area contributed by atoms with Crippen molar-refractivity contribution < 1.29 is 19.5 Å². The molecule has 0 N–H and O–H groups in total. The van der Waals surface area contributed by atoms with Crippen LogP contribution in [0.4, 0.5) is 11.4 Å². The second-order valence-electron chi connectivity index (χ2n) is 4.62. The van der Waals surface area contributed by atoms with Crippen LogP contribution in [0.5, 0.6) is 0 Å². The molecule has 2 nitrogen and oxygen atoms in total. The summed E-state index contributed by atoms with van der Waals surface area (Å²) in [5.41, 5.74) is 4.61. The number of rotatable bonds is 0. The molecule has 2 aliphatic heterocycles. The normalized spacial score (nSPS) is 13.9. The molecular weight excluding hydrogens is 350 g/mol. The van der Waals surface area contributed by atoms with E-state index in [1.807, 2.05) is 36.4 Å². The molecule has 2 heterocycles. The number of aliphatic imine (C=N–C) groups is 2. The van der Waals surface area contributed by atoms with Gasteiger partial charge in [0.25, 0.3) is 0 Å². The minimum Gasteiger partial charge on any atom is -0.764 e. The quantitative estimate of drug-likeness (QED) is 0.528. The summed E-state index contributed by atoms with van der Waals surface area (Å²) in [5, 5.41) is 1.61. The van der Waals surface area contributed by atoms with E-state index >= 15 is 0 Å². The Balaban J connectivity index is 0.000000147. The van der Waals surface area contributed by atoms with Crippen molar-refractivity contribution in [3.05, 3.63) is 59.7 Å². The summed E-state index contributed by atoms with van der Waals surface area (Å²) in [7, 11) is 0. The third-order valence-electron chi connectivity index (χ3n) is 3.16. The summed E-state index contributed by atoms with van der Waals surface area (Å²) in [6.07, 6.45) is 1.71. The predicted octanol–water partition coefficient (Wildman–Crippen LogP) is 3.64. The van der Waals surface area contributed by atoms with Gasteiger partial charge in [0.05, 0.1) is 11.4 Å². The number of hydrogen-bond acceptors (Lipinski definition) is 4. The van der Waals surface area contributed by atoms with Crippen molar-refractivity contribution in [1.29, 1.82) is 0 Å². The van der Waals surface area contributed by atoms with Gasteiger partial charge in [-0.2, -0.15) is 0 Å². The van der Waals surface area contributed by atoms with Gasteiger partial charge >= 0.3 is 19.5 Å². The SMILES string of the molecule is [S-]C1=Nc2ccccc2C1.[S-]C1=Nc2ccccc2C1.[Zn+2]. The Labute approximate surface area is 148 Å². The summed E-state index contributed by atoms with van der Waals surface area (Å²) < 4.78 is 0. The number of fused-ring (bicyclic) bond motifs is 2. The number of hydrogen-bond donors (Lipinski definition) is 0. The summed E-state index contributed by atoms with van der Waals surface area (Å²) >= 11 is 9.91. The van der Waals surface area contributed by atoms with Crippen LogP contribution in [-0.4, -0.2) is 10.1 Å². The van der Waals surface area contributed by atoms with E-state index in [1.165, 1.54) is 11.1 Å². The second kappa shape index (κ2) is 7.21. The van der Waals surface area contributed by atoms with Gasteiger partial charge in [0.1, 0.15) is 0 Å². The average molecular weight is 362 g/mol. The Morgan fingerprint density at radius 1 is 0.667 bits per heavy atom. The van der Waals surface area contributed by atoms with Crippen LogP contribution in [0.2, 0.25) is 0 Å². The maximum absolute atomic E-state index is 4.96. The zero-order valence-electron chi connectivity index (χ0n) is 11.5. The largest absolute Gasteiger partial charge is 2.00 e. The predicted molar refractivity (Wildman–Crippen MR) is 89.2 cm³/mol. The van der Waals surface area contributed by atoms with Gasteiger partial charge in [0.2, 0.25) is 0 Å². The molecular formula is C16H12N2S2Zn. The monoisotopic (exact) mass is 360 g/mol. The van der Waals surface area contributed by atoms with Crippen LogP contribution < -0.4 is 0 Å². The minimum absolute atomic E-state index is 0. The molecule has 0 unspecified atom stereocenters. The van der Waals surface area contributed by atoms with Crippen LogP contribution in [-0.2, 0) is 57.6 Å². The molecule has 0 fully saturated rings. The average Bonchev–Trinajstić information content (AvgIpc) is 2.99. The van der Waals surface area contributed by atoms with Crippen LogP contribution in [0.1, 0.15) is 11.1 Å². The van der Waals surface area contributed by atoms with Crippen LogP contribution in [0.25, 0.3) is 0 Å². The molecule has 0 atom stereocenters. The summed E-state index contributed by atoms with van der Waals surface area (Å²) in [6, 6.07) is 16.1. The first-order valence-electron chi connectivity index (χ1n) is 6.37. The molecule has 4 rings (SSSR count). The van der Waals surface area contributed by atoms with E-state index in [4.69, 9.17) is 25.3 Å². The Morgan fingerprint density at radius 3 is 1.43 bits per heavy atom. The Kier molecular flexibility index (Phi) is 5.57. The summed E-state index contributed by atoms with van der Waals surface area (Å²) in [4.78, 5) is 8.37. The van der Waals surface area contributed by atoms with Crippen molar-refractivity contribution in [2.24, 2.45) is 9.98 Å².